The average molecular weight is 420 g/mol. The fraction of sp³-hybridized carbons (Fsp3) is 0.0909. The molecule has 0 saturated heterocycles. The van der Waals surface area contributed by atoms with Crippen molar-refractivity contribution in [3.8, 4) is 6.07 Å². The number of hydrogen-bond acceptors (Lipinski definition) is 5. The predicted octanol–water partition coefficient (Wildman–Crippen LogP) is 3.05. The van der Waals surface area contributed by atoms with Crippen molar-refractivity contribution in [3.63, 3.8) is 0 Å². The van der Waals surface area contributed by atoms with Gasteiger partial charge in [-0.1, -0.05) is 36.4 Å². The van der Waals surface area contributed by atoms with E-state index in [0.29, 0.717) is 5.56 Å². The van der Waals surface area contributed by atoms with Gasteiger partial charge >= 0.3 is 0 Å². The Kier molecular flexibility index (Phi) is 6.47. The topological polar surface area (TPSA) is 93.5 Å². The molecular formula is C22H20N4O3S. The van der Waals surface area contributed by atoms with Gasteiger partial charge < -0.3 is 0 Å². The van der Waals surface area contributed by atoms with E-state index in [4.69, 9.17) is 5.26 Å². The Balaban J connectivity index is 1.77. The Hall–Kier alpha value is -3.67. The molecule has 0 atom stereocenters. The molecule has 1 N–H and O–H groups in total. The van der Waals surface area contributed by atoms with Crippen LogP contribution in [0.25, 0.3) is 0 Å². The third-order valence-electron chi connectivity index (χ3n) is 4.32. The number of rotatable bonds is 7. The summed E-state index contributed by atoms with van der Waals surface area (Å²) in [6.07, 6.45) is 0. The molecule has 3 aromatic rings. The maximum Gasteiger partial charge on any atom is 0.254 e. The molecule has 0 heterocycles. The number of nitriles is 1. The van der Waals surface area contributed by atoms with Crippen LogP contribution < -0.4 is 10.4 Å². The van der Waals surface area contributed by atoms with Crippen LogP contribution in [0, 0.1) is 11.3 Å². The maximum absolute atomic E-state index is 12.7. The number of likely N-dealkylation sites (N-methyl/N-ethyl adjacent to an activating group) is 1. The lowest BCUT2D eigenvalue weighted by atomic mass is 10.2. The van der Waals surface area contributed by atoms with E-state index in [2.05, 4.69) is 5.43 Å². The predicted molar refractivity (Wildman–Crippen MR) is 114 cm³/mol. The van der Waals surface area contributed by atoms with Crippen molar-refractivity contribution in [2.24, 2.45) is 0 Å². The fourth-order valence-electron chi connectivity index (χ4n) is 2.76. The number of anilines is 2. The van der Waals surface area contributed by atoms with Crippen molar-refractivity contribution >= 4 is 27.3 Å². The van der Waals surface area contributed by atoms with Crippen LogP contribution in [0.3, 0.4) is 0 Å². The first-order valence-electron chi connectivity index (χ1n) is 9.08. The molecule has 8 heteroatoms. The first-order chi connectivity index (χ1) is 14.4. The van der Waals surface area contributed by atoms with Gasteiger partial charge in [-0.05, 0) is 48.5 Å². The summed E-state index contributed by atoms with van der Waals surface area (Å²) in [4.78, 5) is 12.7. The first kappa shape index (κ1) is 21.0. The second-order valence-corrected chi connectivity index (χ2v) is 8.48. The van der Waals surface area contributed by atoms with Crippen molar-refractivity contribution in [1.29, 1.82) is 5.26 Å². The van der Waals surface area contributed by atoms with Crippen molar-refractivity contribution in [2.45, 2.75) is 4.90 Å². The van der Waals surface area contributed by atoms with Gasteiger partial charge in [0.15, 0.2) is 0 Å². The summed E-state index contributed by atoms with van der Waals surface area (Å²) in [5.41, 5.74) is 4.59. The van der Waals surface area contributed by atoms with Crippen LogP contribution in [-0.4, -0.2) is 32.2 Å². The van der Waals surface area contributed by atoms with Crippen molar-refractivity contribution in [3.05, 3.63) is 90.5 Å². The lowest BCUT2D eigenvalue weighted by molar-refractivity contribution is -0.121. The summed E-state index contributed by atoms with van der Waals surface area (Å²) >= 11 is 0. The van der Waals surface area contributed by atoms with Crippen LogP contribution in [0.2, 0.25) is 0 Å². The highest BCUT2D eigenvalue weighted by molar-refractivity contribution is 7.89. The molecule has 0 spiro atoms. The highest BCUT2D eigenvalue weighted by atomic mass is 32.2. The van der Waals surface area contributed by atoms with Crippen molar-refractivity contribution < 1.29 is 13.2 Å². The van der Waals surface area contributed by atoms with Crippen LogP contribution >= 0.6 is 0 Å². The van der Waals surface area contributed by atoms with E-state index in [1.54, 1.807) is 5.01 Å². The van der Waals surface area contributed by atoms with E-state index in [-0.39, 0.29) is 11.4 Å². The van der Waals surface area contributed by atoms with E-state index in [1.807, 2.05) is 66.7 Å². The number of hydrogen-bond donors (Lipinski definition) is 1. The van der Waals surface area contributed by atoms with Crippen molar-refractivity contribution in [1.82, 2.24) is 9.73 Å². The van der Waals surface area contributed by atoms with Gasteiger partial charge in [0, 0.05) is 7.05 Å². The number of nitrogens with zero attached hydrogens (tertiary/aromatic N) is 3. The minimum atomic E-state index is -3.88. The summed E-state index contributed by atoms with van der Waals surface area (Å²) < 4.78 is 26.5. The average Bonchev–Trinajstić information content (AvgIpc) is 2.78. The van der Waals surface area contributed by atoms with Gasteiger partial charge in [-0.3, -0.25) is 15.2 Å². The monoisotopic (exact) mass is 420 g/mol. The van der Waals surface area contributed by atoms with E-state index >= 15 is 0 Å². The normalized spacial score (nSPS) is 11.0. The van der Waals surface area contributed by atoms with Crippen LogP contribution in [-0.2, 0) is 14.8 Å². The summed E-state index contributed by atoms with van der Waals surface area (Å²) in [6, 6.07) is 26.0. The second-order valence-electron chi connectivity index (χ2n) is 6.44. The number of sulfonamides is 1. The minimum absolute atomic E-state index is 0.0137. The number of carbonyl (C=O) groups excluding carboxylic acids is 1. The Bertz CT molecular complexity index is 1100. The molecule has 0 aromatic heterocycles. The lowest BCUT2D eigenvalue weighted by Gasteiger charge is -2.26. The summed E-state index contributed by atoms with van der Waals surface area (Å²) in [5.74, 6) is -0.498. The number of hydrazine groups is 1. The van der Waals surface area contributed by atoms with Gasteiger partial charge in [0.25, 0.3) is 5.91 Å². The molecule has 0 saturated carbocycles. The van der Waals surface area contributed by atoms with E-state index in [9.17, 15) is 13.2 Å². The number of nitrogens with one attached hydrogen (secondary N) is 1. The zero-order valence-corrected chi connectivity index (χ0v) is 17.1. The molecule has 7 nitrogen and oxygen atoms in total. The van der Waals surface area contributed by atoms with Gasteiger partial charge in [-0.15, -0.1) is 0 Å². The Labute approximate surface area is 175 Å². The summed E-state index contributed by atoms with van der Waals surface area (Å²) in [5, 5.41) is 10.5. The molecule has 30 heavy (non-hydrogen) atoms. The number of para-hydroxylation sites is 2. The lowest BCUT2D eigenvalue weighted by Crippen LogP contribution is -2.45. The van der Waals surface area contributed by atoms with Crippen LogP contribution in [0.15, 0.2) is 89.8 Å². The zero-order chi connectivity index (χ0) is 21.6. The third kappa shape index (κ3) is 4.84. The van der Waals surface area contributed by atoms with Gasteiger partial charge in [-0.25, -0.2) is 8.42 Å². The summed E-state index contributed by atoms with van der Waals surface area (Å²) in [7, 11) is -2.54. The van der Waals surface area contributed by atoms with Crippen molar-refractivity contribution in [2.75, 3.05) is 18.6 Å². The Morgan fingerprint density at radius 2 is 1.40 bits per heavy atom. The van der Waals surface area contributed by atoms with Gasteiger partial charge in [0.05, 0.1) is 34.4 Å². The van der Waals surface area contributed by atoms with Crippen LogP contribution in [0.1, 0.15) is 5.56 Å². The molecular weight excluding hydrogens is 400 g/mol. The Morgan fingerprint density at radius 3 is 1.87 bits per heavy atom. The molecule has 3 rings (SSSR count). The smallest absolute Gasteiger partial charge is 0.254 e. The van der Waals surface area contributed by atoms with Crippen LogP contribution in [0.5, 0.6) is 0 Å². The molecule has 0 fully saturated rings. The third-order valence-corrected chi connectivity index (χ3v) is 6.14. The van der Waals surface area contributed by atoms with Gasteiger partial charge in [0.1, 0.15) is 0 Å². The molecule has 0 aliphatic carbocycles. The van der Waals surface area contributed by atoms with E-state index in [1.165, 1.54) is 31.3 Å². The molecule has 0 bridgehead atoms. The molecule has 1 amide bonds. The zero-order valence-electron chi connectivity index (χ0n) is 16.3. The SMILES string of the molecule is CN(CC(=O)NN(c1ccccc1)c1ccccc1)S(=O)(=O)c1ccc(C#N)cc1. The number of amides is 1. The molecule has 0 unspecified atom stereocenters. The molecule has 0 aliphatic rings. The van der Waals surface area contributed by atoms with Gasteiger partial charge in [0.2, 0.25) is 10.0 Å². The highest BCUT2D eigenvalue weighted by Gasteiger charge is 2.24. The highest BCUT2D eigenvalue weighted by Crippen LogP contribution is 2.22. The van der Waals surface area contributed by atoms with E-state index in [0.717, 1.165) is 15.7 Å². The maximum atomic E-state index is 12.7. The Morgan fingerprint density at radius 1 is 0.900 bits per heavy atom. The largest absolute Gasteiger partial charge is 0.272 e. The van der Waals surface area contributed by atoms with Gasteiger partial charge in [-0.2, -0.15) is 9.57 Å². The quantitative estimate of drug-likeness (QED) is 0.593. The second kappa shape index (κ2) is 9.22. The molecule has 3 aromatic carbocycles. The number of benzene rings is 3. The molecule has 0 radical (unpaired) electrons. The number of carbonyl (C=O) groups is 1. The van der Waals surface area contributed by atoms with E-state index < -0.39 is 15.9 Å². The molecule has 152 valence electrons. The van der Waals surface area contributed by atoms with Crippen LogP contribution in [0.4, 0.5) is 11.4 Å². The standard InChI is InChI=1S/C22H20N4O3S/c1-25(30(28,29)21-14-12-18(16-23)13-15-21)17-22(27)24-26(19-8-4-2-5-9-19)20-10-6-3-7-11-20/h2-15H,17H2,1H3,(H,24,27). The first-order valence-corrected chi connectivity index (χ1v) is 10.5. The summed E-state index contributed by atoms with van der Waals surface area (Å²) in [6.45, 7) is -0.376. The minimum Gasteiger partial charge on any atom is -0.272 e. The molecule has 0 aliphatic heterocycles. The fourth-order valence-corrected chi connectivity index (χ4v) is 3.89.